The molecular formula is C8H4Cl2N4O4. The minimum absolute atomic E-state index is 0.119. The van der Waals surface area contributed by atoms with Gasteiger partial charge in [0.25, 0.3) is 0 Å². The molecule has 0 amide bonds. The van der Waals surface area contributed by atoms with Gasteiger partial charge in [-0.2, -0.15) is 0 Å². The van der Waals surface area contributed by atoms with E-state index in [9.17, 15) is 0 Å². The van der Waals surface area contributed by atoms with Crippen molar-refractivity contribution in [2.75, 3.05) is 0 Å². The average Bonchev–Trinajstić information content (AvgIpc) is 3.04. The minimum atomic E-state index is -0.236. The van der Waals surface area contributed by atoms with Crippen molar-refractivity contribution in [2.24, 2.45) is 10.3 Å². The molecule has 94 valence electrons. The zero-order chi connectivity index (χ0) is 13.1. The highest BCUT2D eigenvalue weighted by molar-refractivity contribution is 6.69. The second-order valence-corrected chi connectivity index (χ2v) is 3.65. The van der Waals surface area contributed by atoms with Crippen LogP contribution in [0, 0.1) is 0 Å². The van der Waals surface area contributed by atoms with Gasteiger partial charge in [-0.1, -0.05) is 43.8 Å². The highest BCUT2D eigenvalue weighted by Gasteiger charge is 2.16. The lowest BCUT2D eigenvalue weighted by molar-refractivity contribution is 0.319. The van der Waals surface area contributed by atoms with E-state index < -0.39 is 0 Å². The summed E-state index contributed by atoms with van der Waals surface area (Å²) in [5.74, 6) is 0.376. The maximum Gasteiger partial charge on any atom is 0.205 e. The smallest absolute Gasteiger partial charge is 0.205 e. The van der Waals surface area contributed by atoms with Gasteiger partial charge in [0, 0.05) is 12.1 Å². The van der Waals surface area contributed by atoms with Crippen molar-refractivity contribution in [1.29, 1.82) is 0 Å². The van der Waals surface area contributed by atoms with Crippen LogP contribution >= 0.6 is 23.2 Å². The number of oxime groups is 2. The largest absolute Gasteiger partial charge is 0.410 e. The van der Waals surface area contributed by atoms with Gasteiger partial charge in [-0.25, -0.2) is 0 Å². The number of rotatable bonds is 3. The van der Waals surface area contributed by atoms with Crippen LogP contribution in [0.5, 0.6) is 0 Å². The third-order valence-corrected chi connectivity index (χ3v) is 2.40. The maximum absolute atomic E-state index is 8.45. The molecule has 0 saturated heterocycles. The number of nitrogens with zero attached hydrogens (tertiary/aromatic N) is 4. The Bertz CT molecular complexity index is 564. The molecule has 0 unspecified atom stereocenters. The van der Waals surface area contributed by atoms with Crippen LogP contribution in [-0.4, -0.2) is 31.1 Å². The molecular weight excluding hydrogens is 287 g/mol. The number of hydrogen-bond donors (Lipinski definition) is 2. The summed E-state index contributed by atoms with van der Waals surface area (Å²) < 4.78 is 9.79. The maximum atomic E-state index is 8.45. The van der Waals surface area contributed by atoms with Gasteiger partial charge >= 0.3 is 0 Å². The minimum Gasteiger partial charge on any atom is -0.410 e. The van der Waals surface area contributed by atoms with Gasteiger partial charge in [0.15, 0.2) is 10.3 Å². The highest BCUT2D eigenvalue weighted by Crippen LogP contribution is 2.22. The fourth-order valence-electron chi connectivity index (χ4n) is 1.08. The Morgan fingerprint density at radius 3 is 1.67 bits per heavy atom. The Kier molecular flexibility index (Phi) is 3.49. The fourth-order valence-corrected chi connectivity index (χ4v) is 1.26. The Morgan fingerprint density at radius 1 is 0.944 bits per heavy atom. The fraction of sp³-hybridized carbons (Fsp3) is 0. The summed E-state index contributed by atoms with van der Waals surface area (Å²) in [7, 11) is 0. The van der Waals surface area contributed by atoms with Gasteiger partial charge in [-0.05, 0) is 0 Å². The molecule has 0 fully saturated rings. The van der Waals surface area contributed by atoms with Gasteiger partial charge in [0.2, 0.25) is 11.5 Å². The lowest BCUT2D eigenvalue weighted by Crippen LogP contribution is -1.89. The van der Waals surface area contributed by atoms with Crippen molar-refractivity contribution in [3.63, 3.8) is 0 Å². The normalized spacial score (nSPS) is 13.0. The van der Waals surface area contributed by atoms with Crippen LogP contribution in [0.2, 0.25) is 0 Å². The molecule has 0 atom stereocenters. The topological polar surface area (TPSA) is 117 Å². The van der Waals surface area contributed by atoms with E-state index >= 15 is 0 Å². The summed E-state index contributed by atoms with van der Waals surface area (Å²) in [6, 6.07) is 2.74. The second-order valence-electron chi connectivity index (χ2n) is 2.93. The first-order valence-electron chi connectivity index (χ1n) is 4.35. The van der Waals surface area contributed by atoms with E-state index in [0.717, 1.165) is 0 Å². The lowest BCUT2D eigenvalue weighted by Gasteiger charge is -1.83. The van der Waals surface area contributed by atoms with Crippen molar-refractivity contribution >= 4 is 33.5 Å². The molecule has 2 heterocycles. The monoisotopic (exact) mass is 290 g/mol. The molecule has 0 spiro atoms. The average molecular weight is 291 g/mol. The van der Waals surface area contributed by atoms with E-state index in [1.54, 1.807) is 0 Å². The summed E-state index contributed by atoms with van der Waals surface area (Å²) in [6.07, 6.45) is 0. The van der Waals surface area contributed by atoms with Crippen molar-refractivity contribution < 1.29 is 19.5 Å². The Morgan fingerprint density at radius 2 is 1.33 bits per heavy atom. The first kappa shape index (κ1) is 12.4. The van der Waals surface area contributed by atoms with Crippen LogP contribution in [0.1, 0.15) is 11.4 Å². The summed E-state index contributed by atoms with van der Waals surface area (Å²) >= 11 is 11.1. The van der Waals surface area contributed by atoms with Gasteiger partial charge in [0.1, 0.15) is 11.4 Å². The molecule has 0 aliphatic rings. The van der Waals surface area contributed by atoms with Gasteiger partial charge in [0.05, 0.1) is 0 Å². The molecule has 2 rings (SSSR count). The van der Waals surface area contributed by atoms with E-state index in [4.69, 9.17) is 42.7 Å². The van der Waals surface area contributed by atoms with Crippen molar-refractivity contribution in [2.45, 2.75) is 0 Å². The van der Waals surface area contributed by atoms with Gasteiger partial charge < -0.3 is 19.5 Å². The summed E-state index contributed by atoms with van der Waals surface area (Å²) in [5.41, 5.74) is 0.239. The van der Waals surface area contributed by atoms with Crippen LogP contribution < -0.4 is 0 Å². The molecule has 2 aromatic rings. The predicted octanol–water partition coefficient (Wildman–Crippen LogP) is 2.08. The Balaban J connectivity index is 2.32. The molecule has 2 aromatic heterocycles. The zero-order valence-corrected chi connectivity index (χ0v) is 9.92. The van der Waals surface area contributed by atoms with Crippen LogP contribution in [-0.2, 0) is 0 Å². The van der Waals surface area contributed by atoms with Gasteiger partial charge in [-0.3, -0.25) is 0 Å². The number of aromatic nitrogens is 2. The van der Waals surface area contributed by atoms with Crippen molar-refractivity contribution in [1.82, 2.24) is 10.3 Å². The molecule has 10 heteroatoms. The van der Waals surface area contributed by atoms with E-state index in [2.05, 4.69) is 20.6 Å². The van der Waals surface area contributed by atoms with Crippen LogP contribution in [0.3, 0.4) is 0 Å². The Hall–Kier alpha value is -2.06. The van der Waals surface area contributed by atoms with Crippen molar-refractivity contribution in [3.05, 3.63) is 23.5 Å². The third kappa shape index (κ3) is 2.29. The lowest BCUT2D eigenvalue weighted by atomic mass is 10.3. The van der Waals surface area contributed by atoms with Crippen molar-refractivity contribution in [3.8, 4) is 11.5 Å². The molecule has 0 aliphatic carbocycles. The molecule has 0 aromatic carbocycles. The third-order valence-electron chi connectivity index (χ3n) is 1.86. The molecule has 8 nitrogen and oxygen atoms in total. The van der Waals surface area contributed by atoms with Crippen LogP contribution in [0.25, 0.3) is 11.5 Å². The number of halogens is 2. The number of hydrogen-bond acceptors (Lipinski definition) is 8. The zero-order valence-electron chi connectivity index (χ0n) is 8.41. The molecule has 2 N–H and O–H groups in total. The van der Waals surface area contributed by atoms with E-state index in [1.165, 1.54) is 12.1 Å². The first-order valence-corrected chi connectivity index (χ1v) is 5.11. The quantitative estimate of drug-likeness (QED) is 0.508. The summed E-state index contributed by atoms with van der Waals surface area (Å²) in [5, 5.41) is 29.0. The summed E-state index contributed by atoms with van der Waals surface area (Å²) in [6.45, 7) is 0. The molecule has 18 heavy (non-hydrogen) atoms. The molecule has 0 radical (unpaired) electrons. The summed E-state index contributed by atoms with van der Waals surface area (Å²) in [4.78, 5) is 0. The Labute approximate surface area is 109 Å². The van der Waals surface area contributed by atoms with E-state index in [1.807, 2.05) is 0 Å². The SMILES string of the molecule is ON=C(Cl)c1cc(-c2cc(C(Cl)=NO)no2)on1. The first-order chi connectivity index (χ1) is 8.65. The van der Waals surface area contributed by atoms with E-state index in [0.29, 0.717) is 0 Å². The van der Waals surface area contributed by atoms with Crippen LogP contribution in [0.15, 0.2) is 31.5 Å². The van der Waals surface area contributed by atoms with Gasteiger partial charge in [-0.15, -0.1) is 0 Å². The molecule has 0 aliphatic heterocycles. The van der Waals surface area contributed by atoms with Crippen LogP contribution in [0.4, 0.5) is 0 Å². The highest BCUT2D eigenvalue weighted by atomic mass is 35.5. The predicted molar refractivity (Wildman–Crippen MR) is 60.4 cm³/mol. The second kappa shape index (κ2) is 5.07. The molecule has 0 bridgehead atoms. The van der Waals surface area contributed by atoms with E-state index in [-0.39, 0.29) is 33.3 Å². The standard InChI is InChI=1S/C8H4Cl2N4O4/c9-7(11-15)3-1-5(17-13-3)6-2-4(14-18-6)8(10)12-16/h1-2,15-16H. The molecule has 0 saturated carbocycles.